The molecule has 30 heavy (non-hydrogen) atoms. The van der Waals surface area contributed by atoms with Crippen LogP contribution in [-0.2, 0) is 0 Å². The van der Waals surface area contributed by atoms with Crippen LogP contribution in [0.5, 0.6) is 5.75 Å². The predicted octanol–water partition coefficient (Wildman–Crippen LogP) is 6.10. The number of thiophene rings is 1. The summed E-state index contributed by atoms with van der Waals surface area (Å²) < 4.78 is 5.29. The lowest BCUT2D eigenvalue weighted by molar-refractivity contribution is 0.415. The van der Waals surface area contributed by atoms with Crippen molar-refractivity contribution in [2.45, 2.75) is 19.3 Å². The highest BCUT2D eigenvalue weighted by Crippen LogP contribution is 2.38. The lowest BCUT2D eigenvalue weighted by atomic mass is 10.1. The highest BCUT2D eigenvalue weighted by Gasteiger charge is 2.14. The minimum atomic E-state index is 0.831. The van der Waals surface area contributed by atoms with E-state index in [2.05, 4.69) is 62.0 Å². The molecule has 1 N–H and O–H groups in total. The van der Waals surface area contributed by atoms with Gasteiger partial charge in [-0.05, 0) is 61.2 Å². The van der Waals surface area contributed by atoms with Gasteiger partial charge in [0.05, 0.1) is 12.5 Å². The van der Waals surface area contributed by atoms with E-state index < -0.39 is 0 Å². The highest BCUT2D eigenvalue weighted by atomic mass is 32.1. The fourth-order valence-electron chi connectivity index (χ4n) is 4.00. The van der Waals surface area contributed by atoms with E-state index in [1.165, 1.54) is 24.9 Å². The summed E-state index contributed by atoms with van der Waals surface area (Å²) in [5.41, 5.74) is 4.58. The van der Waals surface area contributed by atoms with Crippen molar-refractivity contribution < 1.29 is 4.74 Å². The minimum absolute atomic E-state index is 0.831. The molecule has 2 aromatic heterocycles. The van der Waals surface area contributed by atoms with E-state index in [1.807, 2.05) is 12.1 Å². The molecular weight excluding hydrogens is 392 g/mol. The standard InChI is InChI=1S/C24H24N4OS/c1-29-20-11-5-17(6-12-20)21-15-30-24-22(21)23(25-16-26-24)27-18-7-9-19(10-8-18)28-13-3-2-4-14-28/h5-12,15-16H,2-4,13-14H2,1H3,(H,25,26,27). The third-order valence-electron chi connectivity index (χ3n) is 5.62. The number of benzene rings is 2. The van der Waals surface area contributed by atoms with Crippen molar-refractivity contribution in [1.82, 2.24) is 9.97 Å². The summed E-state index contributed by atoms with van der Waals surface area (Å²) in [6, 6.07) is 16.8. The Bertz CT molecular complexity index is 1130. The summed E-state index contributed by atoms with van der Waals surface area (Å²) in [5.74, 6) is 1.68. The van der Waals surface area contributed by atoms with E-state index in [0.29, 0.717) is 0 Å². The number of methoxy groups -OCH3 is 1. The number of nitrogens with one attached hydrogen (secondary N) is 1. The van der Waals surface area contributed by atoms with Crippen molar-refractivity contribution in [2.24, 2.45) is 0 Å². The van der Waals surface area contributed by atoms with Crippen LogP contribution in [0.25, 0.3) is 21.3 Å². The van der Waals surface area contributed by atoms with Gasteiger partial charge in [0.15, 0.2) is 0 Å². The fraction of sp³-hybridized carbons (Fsp3) is 0.250. The van der Waals surface area contributed by atoms with Crippen LogP contribution in [0, 0.1) is 0 Å². The van der Waals surface area contributed by atoms with Crippen molar-refractivity contribution in [2.75, 3.05) is 30.4 Å². The van der Waals surface area contributed by atoms with E-state index >= 15 is 0 Å². The Balaban J connectivity index is 1.45. The third kappa shape index (κ3) is 3.71. The van der Waals surface area contributed by atoms with Crippen LogP contribution < -0.4 is 15.0 Å². The first-order chi connectivity index (χ1) is 14.8. The van der Waals surface area contributed by atoms with Gasteiger partial charge in [0, 0.05) is 35.4 Å². The number of ether oxygens (including phenoxy) is 1. The van der Waals surface area contributed by atoms with Crippen LogP contribution in [0.2, 0.25) is 0 Å². The molecule has 5 rings (SSSR count). The maximum Gasteiger partial charge on any atom is 0.143 e. The quantitative estimate of drug-likeness (QED) is 0.426. The topological polar surface area (TPSA) is 50.3 Å². The molecule has 0 spiro atoms. The van der Waals surface area contributed by atoms with Crippen molar-refractivity contribution in [3.05, 3.63) is 60.2 Å². The second-order valence-electron chi connectivity index (χ2n) is 7.50. The molecule has 0 saturated carbocycles. The van der Waals surface area contributed by atoms with Gasteiger partial charge in [-0.25, -0.2) is 9.97 Å². The molecule has 1 saturated heterocycles. The van der Waals surface area contributed by atoms with Crippen molar-refractivity contribution >= 4 is 38.7 Å². The third-order valence-corrected chi connectivity index (χ3v) is 6.51. The van der Waals surface area contributed by atoms with Crippen LogP contribution in [-0.4, -0.2) is 30.2 Å². The number of hydrogen-bond acceptors (Lipinski definition) is 6. The summed E-state index contributed by atoms with van der Waals surface area (Å²) in [7, 11) is 1.68. The first-order valence-corrected chi connectivity index (χ1v) is 11.2. The molecule has 4 aromatic rings. The molecule has 0 unspecified atom stereocenters. The van der Waals surface area contributed by atoms with Gasteiger partial charge in [-0.15, -0.1) is 11.3 Å². The molecule has 0 bridgehead atoms. The highest BCUT2D eigenvalue weighted by molar-refractivity contribution is 7.17. The summed E-state index contributed by atoms with van der Waals surface area (Å²) in [5, 5.41) is 6.70. The smallest absolute Gasteiger partial charge is 0.143 e. The van der Waals surface area contributed by atoms with Gasteiger partial charge < -0.3 is 15.0 Å². The summed E-state index contributed by atoms with van der Waals surface area (Å²) >= 11 is 1.64. The average molecular weight is 417 g/mol. The van der Waals surface area contributed by atoms with Crippen molar-refractivity contribution in [3.8, 4) is 16.9 Å². The molecule has 0 amide bonds. The Morgan fingerprint density at radius 3 is 2.43 bits per heavy atom. The molecule has 0 atom stereocenters. The molecule has 0 radical (unpaired) electrons. The molecule has 152 valence electrons. The molecule has 6 heteroatoms. The molecule has 1 aliphatic rings. The van der Waals surface area contributed by atoms with Gasteiger partial charge in [0.2, 0.25) is 0 Å². The molecule has 1 fully saturated rings. The maximum absolute atomic E-state index is 5.29. The summed E-state index contributed by atoms with van der Waals surface area (Å²) in [6.07, 6.45) is 5.54. The van der Waals surface area contributed by atoms with E-state index in [4.69, 9.17) is 4.74 Å². The molecule has 3 heterocycles. The van der Waals surface area contributed by atoms with Gasteiger partial charge in [-0.3, -0.25) is 0 Å². The number of fused-ring (bicyclic) bond motifs is 1. The van der Waals surface area contributed by atoms with Crippen LogP contribution >= 0.6 is 11.3 Å². The normalized spacial score (nSPS) is 14.1. The Kier molecular flexibility index (Phi) is 5.24. The summed E-state index contributed by atoms with van der Waals surface area (Å²) in [4.78, 5) is 12.5. The van der Waals surface area contributed by atoms with E-state index in [0.717, 1.165) is 51.7 Å². The SMILES string of the molecule is COc1ccc(-c2csc3ncnc(Nc4ccc(N5CCCCC5)cc4)c23)cc1. The zero-order valence-corrected chi connectivity index (χ0v) is 17.8. The first kappa shape index (κ1) is 18.9. The van der Waals surface area contributed by atoms with E-state index in [-0.39, 0.29) is 0 Å². The predicted molar refractivity (Wildman–Crippen MR) is 125 cm³/mol. The number of hydrogen-bond donors (Lipinski definition) is 1. The number of nitrogens with zero attached hydrogens (tertiary/aromatic N) is 3. The lowest BCUT2D eigenvalue weighted by Crippen LogP contribution is -2.29. The number of anilines is 3. The zero-order chi connectivity index (χ0) is 20.3. The Labute approximate surface area is 180 Å². The molecule has 2 aromatic carbocycles. The number of piperidine rings is 1. The molecular formula is C24H24N4OS. The summed E-state index contributed by atoms with van der Waals surface area (Å²) in [6.45, 7) is 2.30. The van der Waals surface area contributed by atoms with Gasteiger partial charge in [-0.2, -0.15) is 0 Å². The van der Waals surface area contributed by atoms with Crippen LogP contribution in [0.4, 0.5) is 17.2 Å². The average Bonchev–Trinajstić information content (AvgIpc) is 3.25. The molecule has 5 nitrogen and oxygen atoms in total. The first-order valence-electron chi connectivity index (χ1n) is 10.3. The van der Waals surface area contributed by atoms with Gasteiger partial charge in [-0.1, -0.05) is 12.1 Å². The largest absolute Gasteiger partial charge is 0.497 e. The van der Waals surface area contributed by atoms with Gasteiger partial charge >= 0.3 is 0 Å². The second kappa shape index (κ2) is 8.32. The molecule has 1 aliphatic heterocycles. The van der Waals surface area contributed by atoms with Crippen LogP contribution in [0.15, 0.2) is 60.2 Å². The molecule has 0 aliphatic carbocycles. The van der Waals surface area contributed by atoms with E-state index in [9.17, 15) is 0 Å². The van der Waals surface area contributed by atoms with Gasteiger partial charge in [0.1, 0.15) is 22.7 Å². The van der Waals surface area contributed by atoms with Crippen LogP contribution in [0.3, 0.4) is 0 Å². The Morgan fingerprint density at radius 1 is 0.933 bits per heavy atom. The number of aromatic nitrogens is 2. The van der Waals surface area contributed by atoms with Crippen LogP contribution in [0.1, 0.15) is 19.3 Å². The minimum Gasteiger partial charge on any atom is -0.497 e. The zero-order valence-electron chi connectivity index (χ0n) is 17.0. The lowest BCUT2D eigenvalue weighted by Gasteiger charge is -2.28. The van der Waals surface area contributed by atoms with Gasteiger partial charge in [0.25, 0.3) is 0 Å². The fourth-order valence-corrected chi connectivity index (χ4v) is 4.91. The van der Waals surface area contributed by atoms with E-state index in [1.54, 1.807) is 24.8 Å². The Hall–Kier alpha value is -3.12. The number of rotatable bonds is 5. The monoisotopic (exact) mass is 416 g/mol. The second-order valence-corrected chi connectivity index (χ2v) is 8.36. The Morgan fingerprint density at radius 2 is 1.70 bits per heavy atom. The maximum atomic E-state index is 5.29. The van der Waals surface area contributed by atoms with Crippen molar-refractivity contribution in [1.29, 1.82) is 0 Å². The van der Waals surface area contributed by atoms with Crippen molar-refractivity contribution in [3.63, 3.8) is 0 Å².